The Bertz CT molecular complexity index is 1190. The number of pyridine rings is 4. The first-order chi connectivity index (χ1) is 19.9. The summed E-state index contributed by atoms with van der Waals surface area (Å²) >= 11 is 0. The van der Waals surface area contributed by atoms with Gasteiger partial charge in [0.05, 0.1) is 35.8 Å². The molecule has 0 aliphatic rings. The maximum Gasteiger partial charge on any atom is 5.00 e. The Morgan fingerprint density at radius 3 is 0.761 bits per heavy atom. The molecule has 20 heteroatoms. The van der Waals surface area contributed by atoms with Crippen molar-refractivity contribution in [2.45, 2.75) is 0 Å². The van der Waals surface area contributed by atoms with Gasteiger partial charge >= 0.3 is 22.4 Å². The minimum absolute atomic E-state index is 0. The second kappa shape index (κ2) is 29.1. The Hall–Kier alpha value is -5.96. The van der Waals surface area contributed by atoms with E-state index in [2.05, 4.69) is 44.2 Å². The van der Waals surface area contributed by atoms with Gasteiger partial charge in [-0.2, -0.15) is 0 Å². The monoisotopic (exact) mass is 724 g/mol. The molecular weight excluding hydrogens is 701 g/mol. The molecule has 7 N–H and O–H groups in total. The number of aliphatic carboxylic acids is 6. The fourth-order valence-corrected chi connectivity index (χ4v) is 2.28. The van der Waals surface area contributed by atoms with Crippen LogP contribution in [-0.4, -0.2) is 51.8 Å². The van der Waals surface area contributed by atoms with E-state index in [1.165, 1.54) is 22.3 Å². The van der Waals surface area contributed by atoms with E-state index in [1.807, 2.05) is 61.4 Å². The summed E-state index contributed by atoms with van der Waals surface area (Å²) in [6.45, 7) is 0. The van der Waals surface area contributed by atoms with Crippen molar-refractivity contribution in [2.24, 2.45) is 0 Å². The van der Waals surface area contributed by atoms with Crippen LogP contribution in [0.1, 0.15) is 0 Å². The van der Waals surface area contributed by atoms with E-state index < -0.39 is 35.8 Å². The molecule has 0 atom stereocenters. The van der Waals surface area contributed by atoms with E-state index in [1.54, 1.807) is 12.4 Å². The van der Waals surface area contributed by atoms with Crippen LogP contribution in [0.3, 0.4) is 0 Å². The summed E-state index contributed by atoms with van der Waals surface area (Å²) in [5.41, 5.74) is 4.85. The number of nitrogens with one attached hydrogen (secondary N) is 3. The van der Waals surface area contributed by atoms with Crippen molar-refractivity contribution in [3.8, 4) is 22.3 Å². The third-order valence-electron chi connectivity index (χ3n) is 4.00. The summed E-state index contributed by atoms with van der Waals surface area (Å²) in [6, 6.07) is 16.3. The number of hydrogen-bond donors (Lipinski definition) is 0. The van der Waals surface area contributed by atoms with Gasteiger partial charge in [0, 0.05) is 48.8 Å². The number of H-pyrrole nitrogens is 3. The molecule has 242 valence electrons. The number of aromatic nitrogens is 4. The fraction of sp³-hybridized carbons (Fsp3) is 0. The van der Waals surface area contributed by atoms with Gasteiger partial charge in [0.25, 0.3) is 0 Å². The zero-order valence-corrected chi connectivity index (χ0v) is 25.1. The van der Waals surface area contributed by atoms with Crippen molar-refractivity contribution in [3.63, 3.8) is 0 Å². The summed E-state index contributed by atoms with van der Waals surface area (Å²) < 4.78 is 0. The molecule has 0 saturated carbocycles. The summed E-state index contributed by atoms with van der Waals surface area (Å²) in [5, 5.41) is 53.6. The van der Waals surface area contributed by atoms with Gasteiger partial charge in [0.15, 0.2) is 37.2 Å². The quantitative estimate of drug-likeness (QED) is 0.137. The van der Waals surface area contributed by atoms with Gasteiger partial charge < -0.3 is 75.8 Å². The molecule has 19 nitrogen and oxygen atoms in total. The van der Waals surface area contributed by atoms with Crippen LogP contribution in [0.25, 0.3) is 22.3 Å². The molecule has 46 heavy (non-hydrogen) atoms. The van der Waals surface area contributed by atoms with Gasteiger partial charge in [-0.1, -0.05) is 0 Å². The molecule has 0 unspecified atom stereocenters. The Morgan fingerprint density at radius 1 is 0.413 bits per heavy atom. The van der Waals surface area contributed by atoms with Crippen LogP contribution in [0.2, 0.25) is 0 Å². The normalized spacial score (nSPS) is 7.91. The van der Waals surface area contributed by atoms with Crippen molar-refractivity contribution in [1.82, 2.24) is 4.98 Å². The maximum atomic E-state index is 8.93. The van der Waals surface area contributed by atoms with E-state index >= 15 is 0 Å². The topological polar surface area (TPSA) is 388 Å². The number of carboxylic acid groups (broad SMARTS) is 6. The third-order valence-corrected chi connectivity index (χ3v) is 4.00. The van der Waals surface area contributed by atoms with Crippen LogP contribution < -0.4 is 45.6 Å². The molecule has 4 aromatic rings. The third kappa shape index (κ3) is 24.6. The molecule has 0 aromatic carbocycles. The fourth-order valence-electron chi connectivity index (χ4n) is 2.28. The van der Waals surface area contributed by atoms with Gasteiger partial charge in [-0.05, 0) is 34.4 Å². The largest absolute Gasteiger partial charge is 5.00 e. The van der Waals surface area contributed by atoms with E-state index in [0.717, 1.165) is 0 Å². The Kier molecular flexibility index (Phi) is 31.5. The van der Waals surface area contributed by atoms with Crippen LogP contribution in [-0.2, 0) is 56.6 Å². The molecule has 4 heterocycles. The second-order valence-corrected chi connectivity index (χ2v) is 6.83. The standard InChI is InChI=1S/2C10H8N2.3C2H2O4.Nb.2H2O.O/c2*1-5-11-6-2-9(1)10-3-7-12-8-4-10;3*3-1(4)2(5)6;;;;/h2*1-8H;3*(H,3,4)(H,5,6);;2*1H2;/q;;;;;+5;;;-2/p-3. The number of carbonyl (C=O) groups is 6. The SMILES string of the molecule is O.O.O=C([O-])C(=O)[O-].O=C([O-])C(=O)[O-].O=C([O-])C(=O)[O-].[Nb+5].[O-2].c1cc(-c2cc[nH+]cc2)cc[nH+]1.c1cc(-c2cc[nH+]cc2)ccn1. The average molecular weight is 724 g/mol. The second-order valence-electron chi connectivity index (χ2n) is 6.83. The van der Waals surface area contributed by atoms with Crippen molar-refractivity contribution < 1.29 is 113 Å². The van der Waals surface area contributed by atoms with Gasteiger partial charge in [0.1, 0.15) is 0 Å². The van der Waals surface area contributed by atoms with Crippen LogP contribution in [0.4, 0.5) is 0 Å². The molecule has 0 fully saturated rings. The minimum atomic E-state index is -2.19. The number of rotatable bonds is 2. The summed E-state index contributed by atoms with van der Waals surface area (Å²) in [5.74, 6) is -13.1. The predicted octanol–water partition coefficient (Wildman–Crippen LogP) is -9.77. The molecule has 4 rings (SSSR count). The molecule has 0 amide bonds. The smallest absolute Gasteiger partial charge is 2.00 e. The first kappa shape index (κ1) is 49.7. The number of hydrogen-bond acceptors (Lipinski definition) is 13. The zero-order valence-electron chi connectivity index (χ0n) is 22.9. The molecule has 0 saturated heterocycles. The molecule has 4 aromatic heterocycles. The first-order valence-corrected chi connectivity index (χ1v) is 10.9. The van der Waals surface area contributed by atoms with Crippen LogP contribution in [0, 0.1) is 0 Å². The van der Waals surface area contributed by atoms with Crippen LogP contribution >= 0.6 is 0 Å². The maximum absolute atomic E-state index is 8.93. The number of nitrogens with zero attached hydrogens (tertiary/aromatic N) is 1. The summed E-state index contributed by atoms with van der Waals surface area (Å²) in [4.78, 5) is 66.5. The Morgan fingerprint density at radius 2 is 0.587 bits per heavy atom. The average Bonchev–Trinajstić information content (AvgIpc) is 3.00. The molecule has 0 bridgehead atoms. The Balaban J connectivity index is -0.000000156. The van der Waals surface area contributed by atoms with Crippen LogP contribution in [0.15, 0.2) is 98.1 Å². The van der Waals surface area contributed by atoms with Crippen molar-refractivity contribution in [1.29, 1.82) is 0 Å². The summed E-state index contributed by atoms with van der Waals surface area (Å²) in [6.07, 6.45) is 15.1. The molecule has 0 aliphatic heterocycles. The minimum Gasteiger partial charge on any atom is -2.00 e. The van der Waals surface area contributed by atoms with Gasteiger partial charge in [-0.3, -0.25) is 4.98 Å². The number of carbonyl (C=O) groups excluding carboxylic acids is 6. The first-order valence-electron chi connectivity index (χ1n) is 10.9. The van der Waals surface area contributed by atoms with Crippen molar-refractivity contribution >= 4 is 35.8 Å². The van der Waals surface area contributed by atoms with E-state index in [-0.39, 0.29) is 38.8 Å². The number of aromatic amines is 3. The molecular formula is C26H23N4NbO15. The van der Waals surface area contributed by atoms with E-state index in [0.29, 0.717) is 0 Å². The Labute approximate surface area is 274 Å². The van der Waals surface area contributed by atoms with Crippen LogP contribution in [0.5, 0.6) is 0 Å². The van der Waals surface area contributed by atoms with Gasteiger partial charge in [0.2, 0.25) is 0 Å². The summed E-state index contributed by atoms with van der Waals surface area (Å²) in [7, 11) is 0. The van der Waals surface area contributed by atoms with Crippen molar-refractivity contribution in [2.75, 3.05) is 0 Å². The zero-order chi connectivity index (χ0) is 31.9. The molecule has 0 aliphatic carbocycles. The van der Waals surface area contributed by atoms with Gasteiger partial charge in [-0.25, -0.2) is 15.0 Å². The predicted molar refractivity (Wildman–Crippen MR) is 129 cm³/mol. The number of carboxylic acids is 6. The van der Waals surface area contributed by atoms with E-state index in [4.69, 9.17) is 59.4 Å². The van der Waals surface area contributed by atoms with Gasteiger partial charge in [-0.15, -0.1) is 0 Å². The molecule has 0 spiro atoms. The molecule has 0 radical (unpaired) electrons. The van der Waals surface area contributed by atoms with E-state index in [9.17, 15) is 0 Å². The van der Waals surface area contributed by atoms with Crippen molar-refractivity contribution in [3.05, 3.63) is 98.1 Å².